The predicted molar refractivity (Wildman–Crippen MR) is 134 cm³/mol. The number of nitrogen functional groups attached to an aromatic ring is 1. The normalized spacial score (nSPS) is 17.6. The van der Waals surface area contributed by atoms with Gasteiger partial charge in [-0.25, -0.2) is 4.68 Å². The van der Waals surface area contributed by atoms with Gasteiger partial charge in [0.25, 0.3) is 0 Å². The summed E-state index contributed by atoms with van der Waals surface area (Å²) < 4.78 is 1.57. The number of amides is 2. The molecule has 1 aromatic carbocycles. The van der Waals surface area contributed by atoms with Crippen molar-refractivity contribution < 1.29 is 9.59 Å². The minimum atomic E-state index is -0.0243. The summed E-state index contributed by atoms with van der Waals surface area (Å²) >= 11 is 1.34. The van der Waals surface area contributed by atoms with Gasteiger partial charge in [0.1, 0.15) is 0 Å². The lowest BCUT2D eigenvalue weighted by Gasteiger charge is -2.34. The highest BCUT2D eigenvalue weighted by molar-refractivity contribution is 7.99. The Morgan fingerprint density at radius 3 is 2.41 bits per heavy atom. The van der Waals surface area contributed by atoms with Crippen molar-refractivity contribution in [2.75, 3.05) is 49.6 Å². The molecule has 2 amide bonds. The molecular weight excluding hydrogens is 450 g/mol. The number of piperazine rings is 1. The van der Waals surface area contributed by atoms with Gasteiger partial charge in [-0.05, 0) is 37.8 Å². The van der Waals surface area contributed by atoms with Crippen LogP contribution in [-0.2, 0) is 9.59 Å². The molecule has 2 heterocycles. The molecule has 1 aliphatic heterocycles. The molecular formula is C24H35N7O2S. The van der Waals surface area contributed by atoms with E-state index in [1.807, 2.05) is 36.9 Å². The highest BCUT2D eigenvalue weighted by Gasteiger charge is 2.25. The number of anilines is 1. The zero-order valence-corrected chi connectivity index (χ0v) is 20.9. The Hall–Kier alpha value is -2.59. The molecule has 2 fully saturated rings. The molecule has 184 valence electrons. The summed E-state index contributed by atoms with van der Waals surface area (Å²) in [5, 5.41) is 12.2. The second-order valence-electron chi connectivity index (χ2n) is 9.31. The van der Waals surface area contributed by atoms with E-state index in [9.17, 15) is 9.59 Å². The molecule has 2 aromatic rings. The van der Waals surface area contributed by atoms with E-state index in [2.05, 4.69) is 20.4 Å². The van der Waals surface area contributed by atoms with Gasteiger partial charge in [0.05, 0.1) is 12.3 Å². The highest BCUT2D eigenvalue weighted by Crippen LogP contribution is 2.32. The Morgan fingerprint density at radius 1 is 1.06 bits per heavy atom. The van der Waals surface area contributed by atoms with Crippen molar-refractivity contribution in [2.24, 2.45) is 0 Å². The largest absolute Gasteiger partial charge is 0.339 e. The van der Waals surface area contributed by atoms with E-state index < -0.39 is 0 Å². The Morgan fingerprint density at radius 2 is 1.74 bits per heavy atom. The van der Waals surface area contributed by atoms with Gasteiger partial charge in [0.2, 0.25) is 17.0 Å². The number of nitrogens with zero attached hydrogens (tertiary/aromatic N) is 5. The smallest absolute Gasteiger partial charge is 0.238 e. The molecule has 0 unspecified atom stereocenters. The van der Waals surface area contributed by atoms with Crippen molar-refractivity contribution in [1.29, 1.82) is 0 Å². The van der Waals surface area contributed by atoms with Crippen LogP contribution >= 0.6 is 11.8 Å². The van der Waals surface area contributed by atoms with Gasteiger partial charge in [-0.1, -0.05) is 49.2 Å². The fraction of sp³-hybridized carbons (Fsp3) is 0.583. The summed E-state index contributed by atoms with van der Waals surface area (Å²) in [7, 11) is 0. The number of thioether (sulfide) groups is 1. The molecule has 1 aromatic heterocycles. The average Bonchev–Trinajstić information content (AvgIpc) is 3.21. The fourth-order valence-corrected chi connectivity index (χ4v) is 5.56. The van der Waals surface area contributed by atoms with E-state index in [-0.39, 0.29) is 17.6 Å². The Labute approximate surface area is 205 Å². The third kappa shape index (κ3) is 5.90. The Bertz CT molecular complexity index is 990. The quantitative estimate of drug-likeness (QED) is 0.458. The third-order valence-corrected chi connectivity index (χ3v) is 7.75. The van der Waals surface area contributed by atoms with Gasteiger partial charge in [-0.15, -0.1) is 10.2 Å². The van der Waals surface area contributed by atoms with Gasteiger partial charge in [0.15, 0.2) is 5.82 Å². The van der Waals surface area contributed by atoms with Crippen molar-refractivity contribution in [3.05, 3.63) is 35.2 Å². The number of aromatic nitrogens is 3. The van der Waals surface area contributed by atoms with Gasteiger partial charge in [-0.2, -0.15) is 0 Å². The first-order valence-corrected chi connectivity index (χ1v) is 13.1. The molecule has 34 heavy (non-hydrogen) atoms. The van der Waals surface area contributed by atoms with Crippen LogP contribution in [0.4, 0.5) is 5.69 Å². The summed E-state index contributed by atoms with van der Waals surface area (Å²) in [6.07, 6.45) is 5.89. The summed E-state index contributed by atoms with van der Waals surface area (Å²) in [5.41, 5.74) is 3.00. The molecule has 10 heteroatoms. The fourth-order valence-electron chi connectivity index (χ4n) is 4.79. The predicted octanol–water partition coefficient (Wildman–Crippen LogP) is 2.53. The van der Waals surface area contributed by atoms with Crippen molar-refractivity contribution >= 4 is 29.3 Å². The van der Waals surface area contributed by atoms with E-state index in [0.29, 0.717) is 43.8 Å². The molecule has 9 nitrogen and oxygen atoms in total. The molecule has 0 bridgehead atoms. The molecule has 1 saturated carbocycles. The lowest BCUT2D eigenvalue weighted by Crippen LogP contribution is -2.51. The van der Waals surface area contributed by atoms with Crippen molar-refractivity contribution in [2.45, 2.75) is 57.0 Å². The maximum atomic E-state index is 12.7. The maximum Gasteiger partial charge on any atom is 0.238 e. The van der Waals surface area contributed by atoms with Crippen molar-refractivity contribution in [3.8, 4) is 0 Å². The summed E-state index contributed by atoms with van der Waals surface area (Å²) in [6.45, 7) is 6.89. The number of aryl methyl sites for hydroxylation is 2. The molecule has 4 rings (SSSR count). The monoisotopic (exact) mass is 485 g/mol. The summed E-state index contributed by atoms with van der Waals surface area (Å²) in [4.78, 5) is 29.2. The second-order valence-corrected chi connectivity index (χ2v) is 10.2. The third-order valence-electron chi connectivity index (χ3n) is 6.82. The van der Waals surface area contributed by atoms with Crippen LogP contribution in [0.1, 0.15) is 55.0 Å². The number of para-hydroxylation sites is 1. The molecule has 2 aliphatic rings. The van der Waals surface area contributed by atoms with Crippen LogP contribution in [0.15, 0.2) is 23.4 Å². The lowest BCUT2D eigenvalue weighted by atomic mass is 9.89. The molecule has 1 saturated heterocycles. The number of benzene rings is 1. The molecule has 0 spiro atoms. The van der Waals surface area contributed by atoms with Crippen LogP contribution in [0.25, 0.3) is 0 Å². The van der Waals surface area contributed by atoms with Crippen LogP contribution in [0.2, 0.25) is 0 Å². The first-order valence-electron chi connectivity index (χ1n) is 12.1. The first-order chi connectivity index (χ1) is 16.4. The van der Waals surface area contributed by atoms with Gasteiger partial charge in [0, 0.05) is 37.8 Å². The zero-order valence-electron chi connectivity index (χ0n) is 20.1. The van der Waals surface area contributed by atoms with Crippen LogP contribution in [0, 0.1) is 13.8 Å². The zero-order chi connectivity index (χ0) is 24.1. The van der Waals surface area contributed by atoms with E-state index in [4.69, 9.17) is 5.84 Å². The van der Waals surface area contributed by atoms with E-state index in [1.54, 1.807) is 4.68 Å². The molecule has 0 radical (unpaired) electrons. The number of carbonyl (C=O) groups is 2. The molecule has 3 N–H and O–H groups in total. The summed E-state index contributed by atoms with van der Waals surface area (Å²) in [6, 6.07) is 5.98. The van der Waals surface area contributed by atoms with E-state index in [0.717, 1.165) is 35.5 Å². The van der Waals surface area contributed by atoms with Crippen LogP contribution in [0.3, 0.4) is 0 Å². The number of nitrogens with one attached hydrogen (secondary N) is 1. The van der Waals surface area contributed by atoms with Gasteiger partial charge in [-0.3, -0.25) is 14.5 Å². The lowest BCUT2D eigenvalue weighted by molar-refractivity contribution is -0.130. The number of nitrogens with two attached hydrogens (primary N) is 1. The average molecular weight is 486 g/mol. The second kappa shape index (κ2) is 11.2. The Kier molecular flexibility index (Phi) is 8.10. The highest BCUT2D eigenvalue weighted by atomic mass is 32.2. The van der Waals surface area contributed by atoms with E-state index in [1.165, 1.54) is 31.0 Å². The van der Waals surface area contributed by atoms with Crippen LogP contribution < -0.4 is 11.2 Å². The Balaban J connectivity index is 1.21. The van der Waals surface area contributed by atoms with E-state index >= 15 is 0 Å². The number of carbonyl (C=O) groups excluding carboxylic acids is 2. The number of hydrogen-bond acceptors (Lipinski definition) is 7. The number of rotatable bonds is 7. The van der Waals surface area contributed by atoms with Crippen LogP contribution in [0.5, 0.6) is 0 Å². The summed E-state index contributed by atoms with van der Waals surface area (Å²) in [5.74, 6) is 7.77. The maximum absolute atomic E-state index is 12.7. The first kappa shape index (κ1) is 24.5. The van der Waals surface area contributed by atoms with Crippen molar-refractivity contribution in [3.63, 3.8) is 0 Å². The topological polar surface area (TPSA) is 109 Å². The minimum Gasteiger partial charge on any atom is -0.339 e. The molecule has 1 aliphatic carbocycles. The van der Waals surface area contributed by atoms with Crippen LogP contribution in [-0.4, -0.2) is 75.0 Å². The number of hydrogen-bond donors (Lipinski definition) is 2. The molecule has 0 atom stereocenters. The van der Waals surface area contributed by atoms with Gasteiger partial charge >= 0.3 is 0 Å². The minimum absolute atomic E-state index is 0.0243. The standard InChI is InChI=1S/C24H35N7O2S/c1-17-7-6-8-18(2)22(17)26-20(32)15-29-11-13-30(14-12-29)21(33)16-34-24-28-27-23(31(24)25)19-9-4-3-5-10-19/h6-8,19H,3-5,9-16,25H2,1-2H3,(H,26,32). The van der Waals surface area contributed by atoms with Crippen molar-refractivity contribution in [1.82, 2.24) is 24.7 Å². The van der Waals surface area contributed by atoms with Gasteiger partial charge < -0.3 is 16.1 Å². The SMILES string of the molecule is Cc1cccc(C)c1NC(=O)CN1CCN(C(=O)CSc2nnc(C3CCCCC3)n2N)CC1.